The van der Waals surface area contributed by atoms with E-state index in [2.05, 4.69) is 0 Å². The van der Waals surface area contributed by atoms with E-state index in [1.54, 1.807) is 5.32 Å². The van der Waals surface area contributed by atoms with Crippen LogP contribution >= 0.6 is 23.2 Å². The number of amides is 1. The minimum atomic E-state index is -4.74. The van der Waals surface area contributed by atoms with Gasteiger partial charge in [-0.1, -0.05) is 53.6 Å². The van der Waals surface area contributed by atoms with Crippen molar-refractivity contribution in [1.29, 1.82) is 0 Å². The highest BCUT2D eigenvalue weighted by Crippen LogP contribution is 2.39. The van der Waals surface area contributed by atoms with Gasteiger partial charge in [-0.2, -0.15) is 26.3 Å². The monoisotopic (exact) mass is 543 g/mol. The van der Waals surface area contributed by atoms with Crippen molar-refractivity contribution >= 4 is 41.0 Å². The first-order valence-electron chi connectivity index (χ1n) is 9.95. The van der Waals surface area contributed by atoms with Crippen molar-refractivity contribution in [2.45, 2.75) is 38.0 Å². The zero-order valence-electron chi connectivity index (χ0n) is 18.0. The van der Waals surface area contributed by atoms with E-state index in [1.807, 2.05) is 0 Å². The van der Waals surface area contributed by atoms with Crippen molar-refractivity contribution in [1.82, 2.24) is 5.32 Å². The van der Waals surface area contributed by atoms with Gasteiger partial charge in [-0.05, 0) is 35.7 Å². The molecule has 0 aliphatic rings. The Balaban J connectivity index is 2.15. The molecule has 190 valence electrons. The summed E-state index contributed by atoms with van der Waals surface area (Å²) in [6, 6.07) is 5.83. The van der Waals surface area contributed by atoms with E-state index in [1.165, 1.54) is 25.1 Å². The van der Waals surface area contributed by atoms with Crippen molar-refractivity contribution in [3.05, 3.63) is 74.5 Å². The summed E-state index contributed by atoms with van der Waals surface area (Å²) < 4.78 is 90.8. The topological polar surface area (TPSA) is 46.2 Å². The van der Waals surface area contributed by atoms with Gasteiger partial charge in [0.2, 0.25) is 5.91 Å². The molecule has 0 heterocycles. The summed E-state index contributed by atoms with van der Waals surface area (Å²) >= 11 is 11.2. The lowest BCUT2D eigenvalue weighted by atomic mass is 9.95. The number of alkyl halides is 6. The molecule has 0 saturated carbocycles. The van der Waals surface area contributed by atoms with Crippen LogP contribution in [-0.2, 0) is 4.79 Å². The number of ketones is 1. The molecule has 0 aliphatic carbocycles. The van der Waals surface area contributed by atoms with Gasteiger partial charge in [0.15, 0.2) is 11.6 Å². The molecular formula is C23H18Cl2F7NO2. The normalized spacial score (nSPS) is 13.2. The Hall–Kier alpha value is -2.59. The fourth-order valence-electron chi connectivity index (χ4n) is 3.12. The van der Waals surface area contributed by atoms with Crippen LogP contribution in [0, 0.1) is 12.7 Å². The number of aryl methyl sites for hydroxylation is 1. The number of rotatable bonds is 8. The highest BCUT2D eigenvalue weighted by atomic mass is 35.5. The zero-order chi connectivity index (χ0) is 26.6. The highest BCUT2D eigenvalue weighted by Gasteiger charge is 2.39. The van der Waals surface area contributed by atoms with Crippen molar-refractivity contribution < 1.29 is 40.3 Å². The van der Waals surface area contributed by atoms with Crippen LogP contribution in [0.5, 0.6) is 0 Å². The molecule has 0 saturated heterocycles. The van der Waals surface area contributed by atoms with Crippen LogP contribution in [0.15, 0.2) is 36.4 Å². The Morgan fingerprint density at radius 1 is 1.00 bits per heavy atom. The van der Waals surface area contributed by atoms with Gasteiger partial charge in [0.05, 0.1) is 16.0 Å². The van der Waals surface area contributed by atoms with E-state index >= 15 is 0 Å². The van der Waals surface area contributed by atoms with Gasteiger partial charge in [0, 0.05) is 18.4 Å². The van der Waals surface area contributed by atoms with Crippen LogP contribution in [0.3, 0.4) is 0 Å². The molecule has 0 spiro atoms. The summed E-state index contributed by atoms with van der Waals surface area (Å²) in [6.07, 6.45) is -8.11. The Morgan fingerprint density at radius 3 is 2.11 bits per heavy atom. The second kappa shape index (κ2) is 11.4. The maximum absolute atomic E-state index is 13.6. The van der Waals surface area contributed by atoms with Crippen LogP contribution in [-0.4, -0.2) is 30.6 Å². The first-order valence-corrected chi connectivity index (χ1v) is 10.7. The van der Waals surface area contributed by atoms with Crippen LogP contribution in [0.4, 0.5) is 30.7 Å². The molecule has 0 fully saturated rings. The summed E-state index contributed by atoms with van der Waals surface area (Å²) in [6.45, 7) is 0.0182. The van der Waals surface area contributed by atoms with Crippen molar-refractivity contribution in [3.63, 3.8) is 0 Å². The Morgan fingerprint density at radius 2 is 1.60 bits per heavy atom. The molecule has 1 atom stereocenters. The molecular weight excluding hydrogens is 526 g/mol. The Kier molecular flexibility index (Phi) is 9.36. The van der Waals surface area contributed by atoms with E-state index in [0.29, 0.717) is 11.1 Å². The van der Waals surface area contributed by atoms with Gasteiger partial charge >= 0.3 is 12.4 Å². The lowest BCUT2D eigenvalue weighted by molar-refractivity contribution is -0.139. The fourth-order valence-corrected chi connectivity index (χ4v) is 3.63. The highest BCUT2D eigenvalue weighted by molar-refractivity contribution is 6.35. The minimum Gasteiger partial charge on any atom is -0.347 e. The molecule has 0 aromatic heterocycles. The maximum Gasteiger partial charge on any atom is 0.405 e. The first-order chi connectivity index (χ1) is 16.1. The molecule has 2 rings (SSSR count). The number of benzene rings is 2. The van der Waals surface area contributed by atoms with E-state index in [0.717, 1.165) is 24.3 Å². The lowest BCUT2D eigenvalue weighted by Gasteiger charge is -2.18. The third kappa shape index (κ3) is 8.54. The summed E-state index contributed by atoms with van der Waals surface area (Å²) in [5.74, 6) is -4.62. The molecule has 0 bridgehead atoms. The van der Waals surface area contributed by atoms with Crippen LogP contribution < -0.4 is 5.32 Å². The van der Waals surface area contributed by atoms with Gasteiger partial charge in [-0.3, -0.25) is 9.59 Å². The fraction of sp³-hybridized carbons (Fsp3) is 0.304. The van der Waals surface area contributed by atoms with Crippen molar-refractivity contribution in [3.8, 4) is 0 Å². The summed E-state index contributed by atoms with van der Waals surface area (Å²) in [4.78, 5) is 23.8. The van der Waals surface area contributed by atoms with Crippen LogP contribution in [0.1, 0.15) is 45.8 Å². The standard InChI is InChI=1S/C23H18Cl2F7NO2/c1-12-8-13(2-4-15(12)19(34)6-7-20(35)33-11-22(27,28)29)3-5-16(23(30,31)32)14-9-17(24)21(26)18(25)10-14/h2-5,8-10,16H,6-7,11H2,1H3,(H,33,35)/b5-3+. The third-order valence-corrected chi connectivity index (χ3v) is 5.37. The smallest absolute Gasteiger partial charge is 0.347 e. The first kappa shape index (κ1) is 28.6. The second-order valence-corrected chi connectivity index (χ2v) is 8.38. The van der Waals surface area contributed by atoms with Gasteiger partial charge < -0.3 is 5.32 Å². The van der Waals surface area contributed by atoms with Gasteiger partial charge in [0.1, 0.15) is 6.54 Å². The molecule has 1 amide bonds. The molecule has 3 nitrogen and oxygen atoms in total. The van der Waals surface area contributed by atoms with E-state index in [-0.39, 0.29) is 17.5 Å². The zero-order valence-corrected chi connectivity index (χ0v) is 19.5. The SMILES string of the molecule is Cc1cc(/C=C/C(c2cc(Cl)c(F)c(Cl)c2)C(F)(F)F)ccc1C(=O)CCC(=O)NCC(F)(F)F. The van der Waals surface area contributed by atoms with Gasteiger partial charge in [-0.25, -0.2) is 4.39 Å². The number of hydrogen-bond acceptors (Lipinski definition) is 2. The molecule has 35 heavy (non-hydrogen) atoms. The summed E-state index contributed by atoms with van der Waals surface area (Å²) in [5.41, 5.74) is 0.521. The number of halogens is 9. The van der Waals surface area contributed by atoms with Gasteiger partial charge in [0.25, 0.3) is 0 Å². The predicted octanol–water partition coefficient (Wildman–Crippen LogP) is 7.44. The summed E-state index contributed by atoms with van der Waals surface area (Å²) in [5, 5.41) is 0.552. The number of allylic oxidation sites excluding steroid dienone is 1. The third-order valence-electron chi connectivity index (χ3n) is 4.82. The Labute approximate surface area is 205 Å². The van der Waals surface area contributed by atoms with E-state index in [4.69, 9.17) is 23.2 Å². The van der Waals surface area contributed by atoms with Crippen LogP contribution in [0.2, 0.25) is 10.0 Å². The second-order valence-electron chi connectivity index (χ2n) is 7.57. The molecule has 2 aromatic carbocycles. The average molecular weight is 544 g/mol. The average Bonchev–Trinajstić information content (AvgIpc) is 2.73. The largest absolute Gasteiger partial charge is 0.405 e. The van der Waals surface area contributed by atoms with Crippen molar-refractivity contribution in [2.75, 3.05) is 6.54 Å². The van der Waals surface area contributed by atoms with Crippen molar-refractivity contribution in [2.24, 2.45) is 0 Å². The van der Waals surface area contributed by atoms with Gasteiger partial charge in [-0.15, -0.1) is 0 Å². The number of nitrogens with one attached hydrogen (secondary N) is 1. The Bertz CT molecular complexity index is 1100. The lowest BCUT2D eigenvalue weighted by Crippen LogP contribution is -2.33. The molecule has 0 aliphatic heterocycles. The minimum absolute atomic E-state index is 0.176. The summed E-state index contributed by atoms with van der Waals surface area (Å²) in [7, 11) is 0. The molecule has 0 radical (unpaired) electrons. The number of Topliss-reactive ketones (excluding diaryl/α,β-unsaturated/α-hetero) is 1. The number of carbonyl (C=O) groups is 2. The van der Waals surface area contributed by atoms with Crippen LogP contribution in [0.25, 0.3) is 6.08 Å². The predicted molar refractivity (Wildman–Crippen MR) is 118 cm³/mol. The quantitative estimate of drug-likeness (QED) is 0.213. The van der Waals surface area contributed by atoms with E-state index < -0.39 is 58.8 Å². The number of hydrogen-bond donors (Lipinski definition) is 1. The molecule has 1 N–H and O–H groups in total. The maximum atomic E-state index is 13.6. The number of carbonyl (C=O) groups excluding carboxylic acids is 2. The molecule has 12 heteroatoms. The molecule has 2 aromatic rings. The van der Waals surface area contributed by atoms with E-state index in [9.17, 15) is 40.3 Å². The molecule has 1 unspecified atom stereocenters.